The second-order valence-electron chi connectivity index (χ2n) is 5.17. The molecule has 0 bridgehead atoms. The summed E-state index contributed by atoms with van der Waals surface area (Å²) in [5.41, 5.74) is 0. The smallest absolute Gasteiger partial charge is 0.155 e. The molecule has 1 saturated heterocycles. The van der Waals surface area contributed by atoms with E-state index in [1.54, 1.807) is 0 Å². The van der Waals surface area contributed by atoms with Crippen LogP contribution >= 0.6 is 0 Å². The van der Waals surface area contributed by atoms with E-state index in [1.165, 1.54) is 0 Å². The van der Waals surface area contributed by atoms with Gasteiger partial charge >= 0.3 is 0 Å². The Hall–Kier alpha value is -0.950. The van der Waals surface area contributed by atoms with Gasteiger partial charge in [0.1, 0.15) is 5.82 Å². The molecular formula is C11H17N3O3S. The van der Waals surface area contributed by atoms with Gasteiger partial charge in [-0.2, -0.15) is 5.10 Å². The predicted molar refractivity (Wildman–Crippen MR) is 65.1 cm³/mol. The molecule has 0 saturated carbocycles. The highest BCUT2D eigenvalue weighted by Gasteiger charge is 2.33. The molecule has 1 aromatic heterocycles. The molecule has 6 nitrogen and oxygen atoms in total. The summed E-state index contributed by atoms with van der Waals surface area (Å²) in [5.74, 6) is 1.87. The Morgan fingerprint density at radius 3 is 2.89 bits per heavy atom. The van der Waals surface area contributed by atoms with E-state index in [4.69, 9.17) is 0 Å². The highest BCUT2D eigenvalue weighted by atomic mass is 32.2. The normalized spacial score (nSPS) is 30.3. The zero-order valence-electron chi connectivity index (χ0n) is 10.1. The van der Waals surface area contributed by atoms with Crippen LogP contribution in [0.4, 0.5) is 0 Å². The first-order valence-electron chi connectivity index (χ1n) is 6.35. The molecule has 2 aliphatic heterocycles. The molecule has 1 fully saturated rings. The Labute approximate surface area is 106 Å². The summed E-state index contributed by atoms with van der Waals surface area (Å²) >= 11 is 0. The number of nitrogens with zero attached hydrogens (tertiary/aromatic N) is 3. The summed E-state index contributed by atoms with van der Waals surface area (Å²) in [5, 5.41) is 13.7. The van der Waals surface area contributed by atoms with Gasteiger partial charge in [0.05, 0.1) is 18.1 Å². The number of aliphatic hydroxyl groups excluding tert-OH is 1. The van der Waals surface area contributed by atoms with Gasteiger partial charge in [0.25, 0.3) is 0 Å². The van der Waals surface area contributed by atoms with Crippen molar-refractivity contribution in [1.29, 1.82) is 0 Å². The predicted octanol–water partition coefficient (Wildman–Crippen LogP) is 0.0499. The van der Waals surface area contributed by atoms with E-state index in [9.17, 15) is 13.5 Å². The lowest BCUT2D eigenvalue weighted by Gasteiger charge is -2.19. The van der Waals surface area contributed by atoms with Crippen molar-refractivity contribution < 1.29 is 13.5 Å². The summed E-state index contributed by atoms with van der Waals surface area (Å²) in [7, 11) is -2.90. The zero-order valence-corrected chi connectivity index (χ0v) is 10.9. The van der Waals surface area contributed by atoms with Crippen molar-refractivity contribution in [2.45, 2.75) is 37.6 Å². The number of fused-ring (bicyclic) bond motifs is 1. The SMILES string of the molecule is O=S1(=O)CCC(c2nc3n(n2)CCCC3CO)C1. The molecule has 1 aromatic rings. The maximum atomic E-state index is 11.5. The summed E-state index contributed by atoms with van der Waals surface area (Å²) in [6, 6.07) is 0. The average Bonchev–Trinajstić information content (AvgIpc) is 2.91. The van der Waals surface area contributed by atoms with Gasteiger partial charge in [-0.15, -0.1) is 0 Å². The second-order valence-corrected chi connectivity index (χ2v) is 7.40. The van der Waals surface area contributed by atoms with Crippen LogP contribution in [0, 0.1) is 0 Å². The summed E-state index contributed by atoms with van der Waals surface area (Å²) in [4.78, 5) is 4.48. The third-order valence-corrected chi connectivity index (χ3v) is 5.59. The van der Waals surface area contributed by atoms with Crippen LogP contribution in [0.25, 0.3) is 0 Å². The maximum Gasteiger partial charge on any atom is 0.155 e. The topological polar surface area (TPSA) is 85.1 Å². The number of sulfone groups is 1. The largest absolute Gasteiger partial charge is 0.396 e. The number of rotatable bonds is 2. The van der Waals surface area contributed by atoms with Crippen LogP contribution in [0.5, 0.6) is 0 Å². The Balaban J connectivity index is 1.89. The third-order valence-electron chi connectivity index (χ3n) is 3.82. The number of hydrogen-bond donors (Lipinski definition) is 1. The van der Waals surface area contributed by atoms with Gasteiger partial charge in [0, 0.05) is 18.4 Å². The van der Waals surface area contributed by atoms with Crippen LogP contribution in [0.15, 0.2) is 0 Å². The van der Waals surface area contributed by atoms with Gasteiger partial charge in [0.2, 0.25) is 0 Å². The van der Waals surface area contributed by atoms with Gasteiger partial charge < -0.3 is 5.11 Å². The zero-order chi connectivity index (χ0) is 12.8. The van der Waals surface area contributed by atoms with E-state index < -0.39 is 9.84 Å². The standard InChI is InChI=1S/C11H17N3O3S/c15-6-8-2-1-4-14-11(8)12-10(13-14)9-3-5-18(16,17)7-9/h8-9,15H,1-7H2. The van der Waals surface area contributed by atoms with Crippen molar-refractivity contribution in [1.82, 2.24) is 14.8 Å². The van der Waals surface area contributed by atoms with Crippen molar-refractivity contribution >= 4 is 9.84 Å². The summed E-state index contributed by atoms with van der Waals surface area (Å²) < 4.78 is 24.8. The third kappa shape index (κ3) is 2.05. The fourth-order valence-corrected chi connectivity index (χ4v) is 4.54. The highest BCUT2D eigenvalue weighted by Crippen LogP contribution is 2.30. The summed E-state index contributed by atoms with van der Waals surface area (Å²) in [6.07, 6.45) is 2.54. The molecule has 2 atom stereocenters. The first-order valence-corrected chi connectivity index (χ1v) is 8.17. The minimum absolute atomic E-state index is 0.0537. The first kappa shape index (κ1) is 12.1. The van der Waals surface area contributed by atoms with Crippen molar-refractivity contribution in [2.24, 2.45) is 0 Å². The van der Waals surface area contributed by atoms with Crippen molar-refractivity contribution in [2.75, 3.05) is 18.1 Å². The fraction of sp³-hybridized carbons (Fsp3) is 0.818. The minimum Gasteiger partial charge on any atom is -0.396 e. The molecule has 2 unspecified atom stereocenters. The summed E-state index contributed by atoms with van der Waals surface area (Å²) in [6.45, 7) is 0.902. The Bertz CT molecular complexity index is 552. The van der Waals surface area contributed by atoms with E-state index in [-0.39, 0.29) is 29.9 Å². The Kier molecular flexibility index (Phi) is 2.90. The molecule has 1 N–H and O–H groups in total. The number of aliphatic hydroxyl groups is 1. The van der Waals surface area contributed by atoms with Crippen LogP contribution in [-0.4, -0.2) is 46.4 Å². The van der Waals surface area contributed by atoms with Gasteiger partial charge in [0.15, 0.2) is 15.7 Å². The van der Waals surface area contributed by atoms with Crippen LogP contribution in [0.3, 0.4) is 0 Å². The molecule has 18 heavy (non-hydrogen) atoms. The van der Waals surface area contributed by atoms with E-state index in [0.29, 0.717) is 12.2 Å². The second kappa shape index (κ2) is 4.31. The number of aromatic nitrogens is 3. The highest BCUT2D eigenvalue weighted by molar-refractivity contribution is 7.91. The van der Waals surface area contributed by atoms with Crippen LogP contribution < -0.4 is 0 Å². The quantitative estimate of drug-likeness (QED) is 0.821. The maximum absolute atomic E-state index is 11.5. The Morgan fingerprint density at radius 2 is 2.22 bits per heavy atom. The monoisotopic (exact) mass is 271 g/mol. The lowest BCUT2D eigenvalue weighted by Crippen LogP contribution is -2.19. The molecule has 0 radical (unpaired) electrons. The van der Waals surface area contributed by atoms with Crippen LogP contribution in [0.2, 0.25) is 0 Å². The van der Waals surface area contributed by atoms with Gasteiger partial charge in [-0.25, -0.2) is 18.1 Å². The number of aryl methyl sites for hydroxylation is 1. The minimum atomic E-state index is -2.90. The first-order chi connectivity index (χ1) is 8.59. The molecule has 3 rings (SSSR count). The average molecular weight is 271 g/mol. The lowest BCUT2D eigenvalue weighted by atomic mass is 10.0. The van der Waals surface area contributed by atoms with E-state index >= 15 is 0 Å². The van der Waals surface area contributed by atoms with Crippen LogP contribution in [0.1, 0.15) is 42.7 Å². The molecule has 100 valence electrons. The molecule has 3 heterocycles. The molecular weight excluding hydrogens is 254 g/mol. The van der Waals surface area contributed by atoms with E-state index in [1.807, 2.05) is 4.68 Å². The van der Waals surface area contributed by atoms with Crippen molar-refractivity contribution in [3.8, 4) is 0 Å². The van der Waals surface area contributed by atoms with Crippen molar-refractivity contribution in [3.63, 3.8) is 0 Å². The van der Waals surface area contributed by atoms with E-state index in [0.717, 1.165) is 25.2 Å². The fourth-order valence-electron chi connectivity index (χ4n) is 2.80. The molecule has 2 aliphatic rings. The molecule has 0 aliphatic carbocycles. The van der Waals surface area contributed by atoms with Gasteiger partial charge in [-0.3, -0.25) is 0 Å². The molecule has 7 heteroatoms. The van der Waals surface area contributed by atoms with Crippen molar-refractivity contribution in [3.05, 3.63) is 11.6 Å². The van der Waals surface area contributed by atoms with E-state index in [2.05, 4.69) is 10.1 Å². The van der Waals surface area contributed by atoms with Crippen LogP contribution in [-0.2, 0) is 16.4 Å². The number of hydrogen-bond acceptors (Lipinski definition) is 5. The van der Waals surface area contributed by atoms with Gasteiger partial charge in [-0.05, 0) is 19.3 Å². The lowest BCUT2D eigenvalue weighted by molar-refractivity contribution is 0.234. The van der Waals surface area contributed by atoms with Gasteiger partial charge in [-0.1, -0.05) is 0 Å². The molecule has 0 amide bonds. The Morgan fingerprint density at radius 1 is 1.39 bits per heavy atom. The molecule has 0 spiro atoms. The molecule has 0 aromatic carbocycles.